The van der Waals surface area contributed by atoms with Crippen LogP contribution < -0.4 is 0 Å². The molecule has 124 valence electrons. The molecule has 0 saturated carbocycles. The lowest BCUT2D eigenvalue weighted by Gasteiger charge is -2.19. The Morgan fingerprint density at radius 1 is 1.52 bits per heavy atom. The van der Waals surface area contributed by atoms with E-state index < -0.39 is 17.7 Å². The van der Waals surface area contributed by atoms with Crippen molar-refractivity contribution in [2.24, 2.45) is 5.92 Å². The summed E-state index contributed by atoms with van der Waals surface area (Å²) in [5.74, 6) is -0.942. The first-order valence-corrected chi connectivity index (χ1v) is 7.82. The number of epoxide rings is 1. The predicted molar refractivity (Wildman–Crippen MR) is 79.4 cm³/mol. The highest BCUT2D eigenvalue weighted by molar-refractivity contribution is 5.91. The molecule has 6 heteroatoms. The van der Waals surface area contributed by atoms with Crippen molar-refractivity contribution in [3.8, 4) is 0 Å². The van der Waals surface area contributed by atoms with E-state index in [1.807, 2.05) is 6.08 Å². The first-order chi connectivity index (χ1) is 10.9. The maximum Gasteiger partial charge on any atom is 0.334 e. The minimum atomic E-state index is -0.736. The first kappa shape index (κ1) is 15.9. The van der Waals surface area contributed by atoms with Gasteiger partial charge in [0, 0.05) is 18.4 Å². The Kier molecular flexibility index (Phi) is 4.10. The number of carbonyl (C=O) groups excluding carboxylic acids is 3. The Hall–Kier alpha value is -1.95. The van der Waals surface area contributed by atoms with Crippen molar-refractivity contribution in [2.45, 2.75) is 50.4 Å². The molecular weight excluding hydrogens is 300 g/mol. The van der Waals surface area contributed by atoms with Gasteiger partial charge in [0.1, 0.15) is 18.3 Å². The van der Waals surface area contributed by atoms with Gasteiger partial charge in [-0.1, -0.05) is 6.58 Å². The fourth-order valence-electron chi connectivity index (χ4n) is 3.36. The summed E-state index contributed by atoms with van der Waals surface area (Å²) < 4.78 is 16.1. The molecule has 23 heavy (non-hydrogen) atoms. The van der Waals surface area contributed by atoms with E-state index in [4.69, 9.17) is 14.2 Å². The molecule has 0 aromatic carbocycles. The van der Waals surface area contributed by atoms with Crippen molar-refractivity contribution in [1.29, 1.82) is 0 Å². The molecule has 2 fully saturated rings. The summed E-state index contributed by atoms with van der Waals surface area (Å²) in [6.07, 6.45) is 4.67. The van der Waals surface area contributed by atoms with Crippen molar-refractivity contribution in [3.63, 3.8) is 0 Å². The molecule has 0 N–H and O–H groups in total. The van der Waals surface area contributed by atoms with Gasteiger partial charge in [0.2, 0.25) is 0 Å². The summed E-state index contributed by atoms with van der Waals surface area (Å²) >= 11 is 0. The van der Waals surface area contributed by atoms with Crippen LogP contribution in [0.5, 0.6) is 0 Å². The second kappa shape index (κ2) is 5.92. The smallest absolute Gasteiger partial charge is 0.334 e. The topological polar surface area (TPSA) is 82.2 Å². The van der Waals surface area contributed by atoms with E-state index in [1.165, 1.54) is 6.92 Å². The highest BCUT2D eigenvalue weighted by Crippen LogP contribution is 2.45. The van der Waals surface area contributed by atoms with Gasteiger partial charge in [-0.2, -0.15) is 0 Å². The van der Waals surface area contributed by atoms with Crippen molar-refractivity contribution in [1.82, 2.24) is 0 Å². The number of fused-ring (bicyclic) bond motifs is 2. The number of ether oxygens (including phenoxy) is 3. The zero-order valence-electron chi connectivity index (χ0n) is 13.1. The molecular formula is C17H20O6. The predicted octanol–water partition coefficient (Wildman–Crippen LogP) is 1.48. The average molecular weight is 320 g/mol. The van der Waals surface area contributed by atoms with Crippen LogP contribution in [-0.2, 0) is 28.6 Å². The second-order valence-electron chi connectivity index (χ2n) is 6.36. The Bertz CT molecular complexity index is 592. The van der Waals surface area contributed by atoms with Gasteiger partial charge in [0.15, 0.2) is 6.29 Å². The lowest BCUT2D eigenvalue weighted by molar-refractivity contribution is -0.140. The Morgan fingerprint density at radius 3 is 3.00 bits per heavy atom. The first-order valence-electron chi connectivity index (χ1n) is 7.82. The van der Waals surface area contributed by atoms with Gasteiger partial charge in [-0.15, -0.1) is 0 Å². The van der Waals surface area contributed by atoms with Gasteiger partial charge in [-0.05, 0) is 37.3 Å². The van der Waals surface area contributed by atoms with Crippen LogP contribution in [0.1, 0.15) is 32.6 Å². The van der Waals surface area contributed by atoms with Crippen LogP contribution in [0.4, 0.5) is 0 Å². The fourth-order valence-corrected chi connectivity index (χ4v) is 3.36. The number of aldehydes is 1. The fraction of sp³-hybridized carbons (Fsp3) is 0.588. The molecule has 3 aliphatic rings. The van der Waals surface area contributed by atoms with E-state index in [-0.39, 0.29) is 24.6 Å². The van der Waals surface area contributed by atoms with Gasteiger partial charge in [0.05, 0.1) is 6.10 Å². The van der Waals surface area contributed by atoms with Crippen LogP contribution in [-0.4, -0.2) is 42.6 Å². The molecule has 6 nitrogen and oxygen atoms in total. The van der Waals surface area contributed by atoms with Crippen LogP contribution in [0.25, 0.3) is 0 Å². The number of carbonyl (C=O) groups is 3. The number of esters is 2. The monoisotopic (exact) mass is 320 g/mol. The number of rotatable bonds is 3. The molecule has 2 saturated heterocycles. The molecule has 0 radical (unpaired) electrons. The number of hydrogen-bond donors (Lipinski definition) is 0. The number of hydrogen-bond acceptors (Lipinski definition) is 6. The van der Waals surface area contributed by atoms with E-state index >= 15 is 0 Å². The van der Waals surface area contributed by atoms with Crippen molar-refractivity contribution < 1.29 is 28.6 Å². The second-order valence-corrected chi connectivity index (χ2v) is 6.36. The molecule has 0 amide bonds. The Morgan fingerprint density at radius 2 is 2.30 bits per heavy atom. The summed E-state index contributed by atoms with van der Waals surface area (Å²) in [6.45, 7) is 5.32. The molecule has 2 aliphatic heterocycles. The maximum atomic E-state index is 11.8. The van der Waals surface area contributed by atoms with Gasteiger partial charge in [-0.3, -0.25) is 4.79 Å². The molecule has 0 aromatic heterocycles. The van der Waals surface area contributed by atoms with E-state index in [0.29, 0.717) is 31.3 Å². The highest BCUT2D eigenvalue weighted by Gasteiger charge is 2.56. The summed E-state index contributed by atoms with van der Waals surface area (Å²) in [6, 6.07) is 0. The molecule has 0 bridgehead atoms. The Balaban J connectivity index is 1.83. The van der Waals surface area contributed by atoms with E-state index in [0.717, 1.165) is 11.9 Å². The summed E-state index contributed by atoms with van der Waals surface area (Å²) in [7, 11) is 0. The molecule has 0 spiro atoms. The molecule has 1 aliphatic carbocycles. The normalized spacial score (nSPS) is 38.5. The van der Waals surface area contributed by atoms with Crippen molar-refractivity contribution in [3.05, 3.63) is 23.8 Å². The quantitative estimate of drug-likeness (QED) is 0.258. The van der Waals surface area contributed by atoms with Gasteiger partial charge >= 0.3 is 11.9 Å². The Labute approximate surface area is 134 Å². The highest BCUT2D eigenvalue weighted by atomic mass is 16.6. The summed E-state index contributed by atoms with van der Waals surface area (Å²) in [4.78, 5) is 34.3. The van der Waals surface area contributed by atoms with Crippen LogP contribution in [0.15, 0.2) is 23.8 Å². The van der Waals surface area contributed by atoms with Crippen molar-refractivity contribution in [2.75, 3.05) is 6.61 Å². The largest absolute Gasteiger partial charge is 0.461 e. The SMILES string of the molecule is C=C1C(=O)O[C@@H]2/C=C(\COC(C)=O)CC[C@H]3O[C@]3(C=O)CC[C@@H]12. The van der Waals surface area contributed by atoms with Gasteiger partial charge in [-0.25, -0.2) is 4.79 Å². The third kappa shape index (κ3) is 3.08. The van der Waals surface area contributed by atoms with E-state index in [9.17, 15) is 14.4 Å². The van der Waals surface area contributed by atoms with Gasteiger partial charge < -0.3 is 19.0 Å². The third-order valence-corrected chi connectivity index (χ3v) is 4.83. The summed E-state index contributed by atoms with van der Waals surface area (Å²) in [5, 5.41) is 0. The van der Waals surface area contributed by atoms with Crippen molar-refractivity contribution >= 4 is 18.2 Å². The third-order valence-electron chi connectivity index (χ3n) is 4.83. The van der Waals surface area contributed by atoms with Gasteiger partial charge in [0.25, 0.3) is 0 Å². The van der Waals surface area contributed by atoms with Crippen LogP contribution in [0, 0.1) is 5.92 Å². The van der Waals surface area contributed by atoms with Crippen LogP contribution in [0.2, 0.25) is 0 Å². The standard InChI is InChI=1S/C17H20O6/c1-10-13-5-6-17(9-18)15(23-17)4-3-12(8-21-11(2)19)7-14(13)22-16(10)20/h7,9,13-15H,1,3-6,8H2,2H3/b12-7-/t13-,14+,15+,17-/m0/s1. The van der Waals surface area contributed by atoms with E-state index in [2.05, 4.69) is 6.58 Å². The molecule has 2 heterocycles. The molecule has 0 aromatic rings. The van der Waals surface area contributed by atoms with E-state index in [1.54, 1.807) is 0 Å². The van der Waals surface area contributed by atoms with Crippen LogP contribution >= 0.6 is 0 Å². The lowest BCUT2D eigenvalue weighted by Crippen LogP contribution is -2.24. The average Bonchev–Trinajstić information content (AvgIpc) is 3.16. The lowest BCUT2D eigenvalue weighted by atomic mass is 9.84. The zero-order chi connectivity index (χ0) is 16.6. The van der Waals surface area contributed by atoms with Crippen LogP contribution in [0.3, 0.4) is 0 Å². The minimum Gasteiger partial charge on any atom is -0.461 e. The molecule has 3 rings (SSSR count). The zero-order valence-corrected chi connectivity index (χ0v) is 13.1. The molecule has 0 unspecified atom stereocenters. The summed E-state index contributed by atoms with van der Waals surface area (Å²) in [5.41, 5.74) is 0.562. The minimum absolute atomic E-state index is 0.108. The molecule has 4 atom stereocenters. The maximum absolute atomic E-state index is 11.8.